The van der Waals surface area contributed by atoms with Crippen molar-refractivity contribution in [3.05, 3.63) is 11.6 Å². The van der Waals surface area contributed by atoms with Crippen molar-refractivity contribution in [2.45, 2.75) is 39.6 Å². The molecule has 0 aliphatic rings. The molecule has 1 rings (SSSR count). The molecule has 0 saturated carbocycles. The van der Waals surface area contributed by atoms with Crippen molar-refractivity contribution in [1.82, 2.24) is 14.8 Å². The van der Waals surface area contributed by atoms with Gasteiger partial charge in [-0.3, -0.25) is 0 Å². The summed E-state index contributed by atoms with van der Waals surface area (Å²) in [6, 6.07) is 0. The second-order valence-corrected chi connectivity index (χ2v) is 4.15. The second-order valence-electron chi connectivity index (χ2n) is 4.15. The quantitative estimate of drug-likeness (QED) is 0.775. The third kappa shape index (κ3) is 2.78. The van der Waals surface area contributed by atoms with Crippen molar-refractivity contribution in [1.29, 1.82) is 0 Å². The van der Waals surface area contributed by atoms with E-state index in [0.29, 0.717) is 12.4 Å². The van der Waals surface area contributed by atoms with E-state index in [1.165, 1.54) is 0 Å². The van der Waals surface area contributed by atoms with E-state index in [-0.39, 0.29) is 12.2 Å². The van der Waals surface area contributed by atoms with E-state index in [2.05, 4.69) is 10.2 Å². The van der Waals surface area contributed by atoms with Gasteiger partial charge in [0.05, 0.1) is 5.60 Å². The summed E-state index contributed by atoms with van der Waals surface area (Å²) in [6.45, 7) is 6.26. The summed E-state index contributed by atoms with van der Waals surface area (Å²) in [7, 11) is 1.81. The zero-order valence-corrected chi connectivity index (χ0v) is 9.11. The smallest absolute Gasteiger partial charge is 0.158 e. The maximum atomic E-state index is 8.90. The average Bonchev–Trinajstić information content (AvgIpc) is 2.42. The first-order chi connectivity index (χ1) is 6.44. The fraction of sp³-hybridized carbons (Fsp3) is 0.778. The van der Waals surface area contributed by atoms with Gasteiger partial charge in [0, 0.05) is 7.05 Å². The predicted molar refractivity (Wildman–Crippen MR) is 51.5 cm³/mol. The van der Waals surface area contributed by atoms with Gasteiger partial charge in [-0.25, -0.2) is 0 Å². The van der Waals surface area contributed by atoms with Crippen LogP contribution in [0.2, 0.25) is 0 Å². The van der Waals surface area contributed by atoms with Crippen LogP contribution in [-0.4, -0.2) is 25.5 Å². The molecule has 5 heteroatoms. The molecular formula is C9H17N3O2. The largest absolute Gasteiger partial charge is 0.388 e. The lowest BCUT2D eigenvalue weighted by Crippen LogP contribution is -2.20. The Bertz CT molecular complexity index is 301. The molecular weight excluding hydrogens is 182 g/mol. The van der Waals surface area contributed by atoms with E-state index in [1.807, 2.05) is 27.8 Å². The summed E-state index contributed by atoms with van der Waals surface area (Å²) in [4.78, 5) is 0. The monoisotopic (exact) mass is 199 g/mol. The molecule has 14 heavy (non-hydrogen) atoms. The van der Waals surface area contributed by atoms with Crippen molar-refractivity contribution in [3.8, 4) is 0 Å². The minimum absolute atomic E-state index is 0.0982. The maximum absolute atomic E-state index is 8.90. The van der Waals surface area contributed by atoms with E-state index in [4.69, 9.17) is 9.84 Å². The summed E-state index contributed by atoms with van der Waals surface area (Å²) in [5.74, 6) is 1.28. The summed E-state index contributed by atoms with van der Waals surface area (Å²) < 4.78 is 7.29. The molecule has 0 unspecified atom stereocenters. The first-order valence-corrected chi connectivity index (χ1v) is 4.56. The van der Waals surface area contributed by atoms with Crippen LogP contribution in [0.3, 0.4) is 0 Å². The van der Waals surface area contributed by atoms with Crippen LogP contribution in [0, 0.1) is 0 Å². The Morgan fingerprint density at radius 3 is 2.29 bits per heavy atom. The Hall–Kier alpha value is -0.940. The van der Waals surface area contributed by atoms with E-state index < -0.39 is 0 Å². The topological polar surface area (TPSA) is 60.2 Å². The highest BCUT2D eigenvalue weighted by molar-refractivity contribution is 4.92. The molecule has 0 bridgehead atoms. The Kier molecular flexibility index (Phi) is 3.23. The van der Waals surface area contributed by atoms with Gasteiger partial charge in [0.1, 0.15) is 13.2 Å². The third-order valence-corrected chi connectivity index (χ3v) is 1.83. The van der Waals surface area contributed by atoms with Gasteiger partial charge in [0.2, 0.25) is 0 Å². The second kappa shape index (κ2) is 4.06. The number of rotatable bonds is 3. The number of hydrogen-bond acceptors (Lipinski definition) is 4. The zero-order valence-electron chi connectivity index (χ0n) is 9.11. The normalized spacial score (nSPS) is 12.1. The summed E-state index contributed by atoms with van der Waals surface area (Å²) in [6.07, 6.45) is 0. The molecule has 0 aliphatic heterocycles. The highest BCUT2D eigenvalue weighted by Gasteiger charge is 2.13. The summed E-state index contributed by atoms with van der Waals surface area (Å²) in [5, 5.41) is 16.6. The van der Waals surface area contributed by atoms with E-state index >= 15 is 0 Å². The lowest BCUT2D eigenvalue weighted by molar-refractivity contribution is -0.0192. The number of aliphatic hydroxyl groups excluding tert-OH is 1. The molecule has 0 radical (unpaired) electrons. The fourth-order valence-electron chi connectivity index (χ4n) is 0.943. The molecule has 1 N–H and O–H groups in total. The van der Waals surface area contributed by atoms with Gasteiger partial charge in [-0.2, -0.15) is 0 Å². The Morgan fingerprint density at radius 1 is 1.29 bits per heavy atom. The van der Waals surface area contributed by atoms with Crippen molar-refractivity contribution < 1.29 is 9.84 Å². The van der Waals surface area contributed by atoms with Gasteiger partial charge in [-0.05, 0) is 20.8 Å². The molecule has 1 heterocycles. The highest BCUT2D eigenvalue weighted by Crippen LogP contribution is 2.10. The molecule has 1 aromatic heterocycles. The van der Waals surface area contributed by atoms with Gasteiger partial charge < -0.3 is 14.4 Å². The van der Waals surface area contributed by atoms with E-state index in [0.717, 1.165) is 5.82 Å². The Morgan fingerprint density at radius 2 is 1.86 bits per heavy atom. The predicted octanol–water partition coefficient (Wildman–Crippen LogP) is 0.622. The van der Waals surface area contributed by atoms with Crippen LogP contribution in [0.15, 0.2) is 0 Å². The molecule has 0 aromatic carbocycles. The van der Waals surface area contributed by atoms with E-state index in [9.17, 15) is 0 Å². The highest BCUT2D eigenvalue weighted by atomic mass is 16.5. The Balaban J connectivity index is 2.64. The van der Waals surface area contributed by atoms with Crippen LogP contribution in [0.25, 0.3) is 0 Å². The number of aliphatic hydroxyl groups is 1. The summed E-state index contributed by atoms with van der Waals surface area (Å²) >= 11 is 0. The van der Waals surface area contributed by atoms with Crippen molar-refractivity contribution in [2.75, 3.05) is 0 Å². The molecule has 0 atom stereocenters. The standard InChI is InChI=1S/C9H17N3O2/c1-9(2,3)14-6-8-11-10-7(5-13)12(8)4/h13H,5-6H2,1-4H3. The number of ether oxygens (including phenoxy) is 1. The summed E-state index contributed by atoms with van der Waals surface area (Å²) in [5.41, 5.74) is -0.189. The molecule has 1 aromatic rings. The van der Waals surface area contributed by atoms with Crippen LogP contribution in [0.4, 0.5) is 0 Å². The van der Waals surface area contributed by atoms with Gasteiger partial charge >= 0.3 is 0 Å². The van der Waals surface area contributed by atoms with Crippen molar-refractivity contribution >= 4 is 0 Å². The van der Waals surface area contributed by atoms with Crippen molar-refractivity contribution in [2.24, 2.45) is 7.05 Å². The first-order valence-electron chi connectivity index (χ1n) is 4.56. The molecule has 0 saturated heterocycles. The van der Waals surface area contributed by atoms with Crippen LogP contribution in [0.5, 0.6) is 0 Å². The zero-order chi connectivity index (χ0) is 10.8. The minimum Gasteiger partial charge on any atom is -0.388 e. The number of hydrogen-bond donors (Lipinski definition) is 1. The van der Waals surface area contributed by atoms with Gasteiger partial charge in [0.15, 0.2) is 11.6 Å². The maximum Gasteiger partial charge on any atom is 0.158 e. The van der Waals surface area contributed by atoms with E-state index in [1.54, 1.807) is 4.57 Å². The molecule has 0 amide bonds. The van der Waals surface area contributed by atoms with Crippen LogP contribution < -0.4 is 0 Å². The fourth-order valence-corrected chi connectivity index (χ4v) is 0.943. The van der Waals surface area contributed by atoms with Gasteiger partial charge in [0.25, 0.3) is 0 Å². The number of aromatic nitrogens is 3. The first kappa shape index (κ1) is 11.1. The van der Waals surface area contributed by atoms with Gasteiger partial charge in [-0.15, -0.1) is 10.2 Å². The molecule has 80 valence electrons. The molecule has 5 nitrogen and oxygen atoms in total. The molecule has 0 fully saturated rings. The molecule has 0 aliphatic carbocycles. The van der Waals surface area contributed by atoms with Crippen molar-refractivity contribution in [3.63, 3.8) is 0 Å². The average molecular weight is 199 g/mol. The minimum atomic E-state index is -0.189. The number of nitrogens with zero attached hydrogens (tertiary/aromatic N) is 3. The SMILES string of the molecule is Cn1c(CO)nnc1COC(C)(C)C. The third-order valence-electron chi connectivity index (χ3n) is 1.83. The molecule has 0 spiro atoms. The lowest BCUT2D eigenvalue weighted by Gasteiger charge is -2.18. The van der Waals surface area contributed by atoms with Crippen LogP contribution in [-0.2, 0) is 25.0 Å². The van der Waals surface area contributed by atoms with Crippen LogP contribution >= 0.6 is 0 Å². The lowest BCUT2D eigenvalue weighted by atomic mass is 10.2. The Labute approximate surface area is 83.7 Å². The van der Waals surface area contributed by atoms with Gasteiger partial charge in [-0.1, -0.05) is 0 Å². The van der Waals surface area contributed by atoms with Crippen LogP contribution in [0.1, 0.15) is 32.4 Å².